The number of hydrogen-bond donors (Lipinski definition) is 0. The van der Waals surface area contributed by atoms with Crippen molar-refractivity contribution in [2.45, 2.75) is 17.7 Å². The number of hydrogen-bond acceptors (Lipinski definition) is 4. The number of anilines is 1. The number of amides is 1. The third-order valence-corrected chi connectivity index (χ3v) is 8.10. The number of fused-ring (bicyclic) bond motifs is 1. The minimum absolute atomic E-state index is 0.0263. The fourth-order valence-electron chi connectivity index (χ4n) is 3.42. The number of sulfone groups is 1. The van der Waals surface area contributed by atoms with E-state index in [2.05, 4.69) is 4.99 Å². The smallest absolute Gasteiger partial charge is 0.252 e. The van der Waals surface area contributed by atoms with Crippen molar-refractivity contribution >= 4 is 50.0 Å². The lowest BCUT2D eigenvalue weighted by Crippen LogP contribution is -2.37. The molecule has 2 aliphatic rings. The summed E-state index contributed by atoms with van der Waals surface area (Å²) < 4.78 is 37.9. The fourth-order valence-corrected chi connectivity index (χ4v) is 7.47. The van der Waals surface area contributed by atoms with E-state index in [9.17, 15) is 17.6 Å². The summed E-state index contributed by atoms with van der Waals surface area (Å²) in [6, 6.07) is 12.5. The largest absolute Gasteiger partial charge is 0.315 e. The molecule has 0 saturated carbocycles. The average Bonchev–Trinajstić information content (AvgIpc) is 3.07. The zero-order valence-corrected chi connectivity index (χ0v) is 17.0. The van der Waals surface area contributed by atoms with Gasteiger partial charge in [0.1, 0.15) is 5.82 Å². The van der Waals surface area contributed by atoms with E-state index < -0.39 is 15.7 Å². The molecule has 9 heteroatoms. The highest BCUT2D eigenvalue weighted by Crippen LogP contribution is 2.41. The molecule has 2 atom stereocenters. The van der Waals surface area contributed by atoms with Crippen molar-refractivity contribution < 1.29 is 17.6 Å². The van der Waals surface area contributed by atoms with Gasteiger partial charge in [-0.3, -0.25) is 4.79 Å². The molecule has 1 amide bonds. The second-order valence-corrected chi connectivity index (χ2v) is 10.5. The third-order valence-electron chi connectivity index (χ3n) is 4.64. The molecule has 2 aromatic carbocycles. The summed E-state index contributed by atoms with van der Waals surface area (Å²) in [5.41, 5.74) is 1.27. The highest BCUT2D eigenvalue weighted by molar-refractivity contribution is 8.16. The van der Waals surface area contributed by atoms with Crippen LogP contribution in [0.3, 0.4) is 0 Å². The Balaban J connectivity index is 1.63. The van der Waals surface area contributed by atoms with Crippen molar-refractivity contribution in [1.82, 2.24) is 0 Å². The van der Waals surface area contributed by atoms with Crippen LogP contribution >= 0.6 is 23.4 Å². The van der Waals surface area contributed by atoms with Crippen molar-refractivity contribution in [2.24, 2.45) is 4.99 Å². The van der Waals surface area contributed by atoms with Crippen LogP contribution in [0.15, 0.2) is 53.5 Å². The van der Waals surface area contributed by atoms with Gasteiger partial charge >= 0.3 is 0 Å². The van der Waals surface area contributed by atoms with Gasteiger partial charge in [-0.15, -0.1) is 0 Å². The number of benzene rings is 2. The minimum atomic E-state index is -3.17. The number of carbonyl (C=O) groups is 1. The Morgan fingerprint density at radius 2 is 1.96 bits per heavy atom. The van der Waals surface area contributed by atoms with E-state index >= 15 is 0 Å². The monoisotopic (exact) mass is 438 g/mol. The van der Waals surface area contributed by atoms with Crippen LogP contribution in [0, 0.1) is 5.82 Å². The number of nitrogens with zero attached hydrogens (tertiary/aromatic N) is 2. The molecule has 0 N–H and O–H groups in total. The molecule has 5 nitrogen and oxygen atoms in total. The SMILES string of the molecule is O=C(Cc1ccc(Cl)cc1)N=C1SC2CS(=O)(=O)CC2N1c1cccc(F)c1. The molecule has 0 aromatic heterocycles. The van der Waals surface area contributed by atoms with Gasteiger partial charge in [0, 0.05) is 16.0 Å². The summed E-state index contributed by atoms with van der Waals surface area (Å²) in [6.45, 7) is 0. The topological polar surface area (TPSA) is 66.8 Å². The van der Waals surface area contributed by atoms with Crippen LogP contribution in [-0.2, 0) is 21.1 Å². The summed E-state index contributed by atoms with van der Waals surface area (Å²) in [4.78, 5) is 18.4. The predicted octanol–water partition coefficient (Wildman–Crippen LogP) is 3.32. The Morgan fingerprint density at radius 3 is 2.68 bits per heavy atom. The van der Waals surface area contributed by atoms with Gasteiger partial charge < -0.3 is 4.90 Å². The zero-order chi connectivity index (χ0) is 19.9. The van der Waals surface area contributed by atoms with E-state index in [0.717, 1.165) is 5.56 Å². The predicted molar refractivity (Wildman–Crippen MR) is 110 cm³/mol. The molecule has 2 unspecified atom stereocenters. The molecule has 2 heterocycles. The lowest BCUT2D eigenvalue weighted by atomic mass is 10.1. The molecular weight excluding hydrogens is 423 g/mol. The number of rotatable bonds is 3. The van der Waals surface area contributed by atoms with E-state index in [1.807, 2.05) is 0 Å². The Kier molecular flexibility index (Phi) is 5.20. The van der Waals surface area contributed by atoms with Crippen molar-refractivity contribution in [3.05, 3.63) is 64.9 Å². The third kappa shape index (κ3) is 4.09. The molecule has 0 radical (unpaired) electrons. The normalized spacial score (nSPS) is 24.5. The molecule has 0 bridgehead atoms. The van der Waals surface area contributed by atoms with Gasteiger partial charge in [0.15, 0.2) is 15.0 Å². The molecule has 2 aliphatic heterocycles. The number of amidine groups is 1. The Morgan fingerprint density at radius 1 is 1.21 bits per heavy atom. The zero-order valence-electron chi connectivity index (χ0n) is 14.6. The summed E-state index contributed by atoms with van der Waals surface area (Å²) >= 11 is 7.13. The van der Waals surface area contributed by atoms with E-state index in [1.54, 1.807) is 41.3 Å². The lowest BCUT2D eigenvalue weighted by Gasteiger charge is -2.24. The average molecular weight is 439 g/mol. The van der Waals surface area contributed by atoms with Crippen LogP contribution in [0.5, 0.6) is 0 Å². The van der Waals surface area contributed by atoms with Crippen molar-refractivity contribution in [3.63, 3.8) is 0 Å². The van der Waals surface area contributed by atoms with Crippen LogP contribution in [-0.4, -0.2) is 42.3 Å². The second-order valence-electron chi connectivity index (χ2n) is 6.74. The van der Waals surface area contributed by atoms with Crippen molar-refractivity contribution in [3.8, 4) is 0 Å². The van der Waals surface area contributed by atoms with Crippen LogP contribution in [0.1, 0.15) is 5.56 Å². The molecule has 146 valence electrons. The van der Waals surface area contributed by atoms with Gasteiger partial charge in [-0.25, -0.2) is 12.8 Å². The molecule has 28 heavy (non-hydrogen) atoms. The lowest BCUT2D eigenvalue weighted by molar-refractivity contribution is -0.117. The highest BCUT2D eigenvalue weighted by atomic mass is 35.5. The van der Waals surface area contributed by atoms with Gasteiger partial charge in [-0.1, -0.05) is 41.6 Å². The minimum Gasteiger partial charge on any atom is -0.315 e. The first kappa shape index (κ1) is 19.4. The second kappa shape index (κ2) is 7.50. The van der Waals surface area contributed by atoms with Crippen molar-refractivity contribution in [1.29, 1.82) is 0 Å². The van der Waals surface area contributed by atoms with Gasteiger partial charge in [0.25, 0.3) is 5.91 Å². The number of aliphatic imine (C=N–C) groups is 1. The van der Waals surface area contributed by atoms with E-state index in [-0.39, 0.29) is 35.1 Å². The Labute approximate surface area is 171 Å². The maximum Gasteiger partial charge on any atom is 0.252 e. The van der Waals surface area contributed by atoms with E-state index in [1.165, 1.54) is 23.9 Å². The fraction of sp³-hybridized carbons (Fsp3) is 0.263. The molecule has 2 saturated heterocycles. The Hall–Kier alpha value is -1.90. The molecular formula is C19H16ClFN2O3S2. The number of halogens is 2. The maximum absolute atomic E-state index is 13.8. The molecule has 2 aromatic rings. The summed E-state index contributed by atoms with van der Waals surface area (Å²) in [6.07, 6.45) is 0.103. The number of carbonyl (C=O) groups excluding carboxylic acids is 1. The van der Waals surface area contributed by atoms with Gasteiger partial charge in [0.05, 0.1) is 24.0 Å². The molecule has 0 spiro atoms. The summed E-state index contributed by atoms with van der Waals surface area (Å²) in [5, 5.41) is 0.769. The first-order valence-electron chi connectivity index (χ1n) is 8.58. The van der Waals surface area contributed by atoms with Gasteiger partial charge in [0.2, 0.25) is 0 Å². The summed E-state index contributed by atoms with van der Waals surface area (Å²) in [5.74, 6) is -0.794. The van der Waals surface area contributed by atoms with Crippen LogP contribution < -0.4 is 4.90 Å². The van der Waals surface area contributed by atoms with E-state index in [0.29, 0.717) is 15.9 Å². The molecule has 2 fully saturated rings. The maximum atomic E-state index is 13.8. The van der Waals surface area contributed by atoms with E-state index in [4.69, 9.17) is 11.6 Å². The quantitative estimate of drug-likeness (QED) is 0.735. The highest BCUT2D eigenvalue weighted by Gasteiger charge is 2.49. The van der Waals surface area contributed by atoms with Crippen molar-refractivity contribution in [2.75, 3.05) is 16.4 Å². The number of thioether (sulfide) groups is 1. The summed E-state index contributed by atoms with van der Waals surface area (Å²) in [7, 11) is -3.17. The molecule has 4 rings (SSSR count). The van der Waals surface area contributed by atoms with Crippen LogP contribution in [0.2, 0.25) is 5.02 Å². The van der Waals surface area contributed by atoms with Gasteiger partial charge in [-0.05, 0) is 35.9 Å². The van der Waals surface area contributed by atoms with Crippen LogP contribution in [0.4, 0.5) is 10.1 Å². The van der Waals surface area contributed by atoms with Gasteiger partial charge in [-0.2, -0.15) is 4.99 Å². The molecule has 0 aliphatic carbocycles. The first-order valence-corrected chi connectivity index (χ1v) is 11.7. The van der Waals surface area contributed by atoms with Crippen LogP contribution in [0.25, 0.3) is 0 Å². The Bertz CT molecular complexity index is 1060. The first-order chi connectivity index (χ1) is 13.3. The standard InChI is InChI=1S/C19H16ClFN2O3S2/c20-13-6-4-12(5-7-13)8-18(24)22-19-23(15-3-1-2-14(21)9-15)16-10-28(25,26)11-17(16)27-19/h1-7,9,16-17H,8,10-11H2.